The van der Waals surface area contributed by atoms with E-state index in [-0.39, 0.29) is 0 Å². The molecule has 2 N–H and O–H groups in total. The van der Waals surface area contributed by atoms with Crippen molar-refractivity contribution in [2.24, 2.45) is 0 Å². The normalized spacial score (nSPS) is 10.3. The van der Waals surface area contributed by atoms with E-state index >= 15 is 0 Å². The van der Waals surface area contributed by atoms with E-state index < -0.39 is 0 Å². The van der Waals surface area contributed by atoms with Gasteiger partial charge in [-0.05, 0) is 42.0 Å². The van der Waals surface area contributed by atoms with Gasteiger partial charge in [0.05, 0.1) is 24.9 Å². The molecule has 25 heavy (non-hydrogen) atoms. The Bertz CT molecular complexity index is 881. The Labute approximate surface area is 156 Å². The SMILES string of the molecule is COc1cccc(NC(=S)Nc2cccc(Cn3cc(Cl)cn3)c2)c1. The molecule has 0 radical (unpaired) electrons. The highest BCUT2D eigenvalue weighted by molar-refractivity contribution is 7.80. The maximum absolute atomic E-state index is 5.90. The zero-order valence-corrected chi connectivity index (χ0v) is 15.1. The van der Waals surface area contributed by atoms with Crippen LogP contribution in [-0.2, 0) is 6.54 Å². The molecule has 0 fully saturated rings. The standard InChI is InChI=1S/C18H17ClN4OS/c1-24-17-7-3-6-16(9-17)22-18(25)21-15-5-2-4-13(8-15)11-23-12-14(19)10-20-23/h2-10,12H,11H2,1H3,(H2,21,22,25). The summed E-state index contributed by atoms with van der Waals surface area (Å²) in [6, 6.07) is 15.6. The highest BCUT2D eigenvalue weighted by Gasteiger charge is 2.03. The van der Waals surface area contributed by atoms with Gasteiger partial charge < -0.3 is 15.4 Å². The van der Waals surface area contributed by atoms with Gasteiger partial charge in [0.1, 0.15) is 5.75 Å². The first-order chi connectivity index (χ1) is 12.1. The molecular weight excluding hydrogens is 356 g/mol. The molecule has 5 nitrogen and oxygen atoms in total. The lowest BCUT2D eigenvalue weighted by Gasteiger charge is -2.12. The van der Waals surface area contributed by atoms with Crippen LogP contribution in [0.3, 0.4) is 0 Å². The minimum absolute atomic E-state index is 0.507. The Hall–Kier alpha value is -2.57. The van der Waals surface area contributed by atoms with Gasteiger partial charge in [-0.3, -0.25) is 4.68 Å². The zero-order chi connectivity index (χ0) is 17.6. The molecule has 0 saturated heterocycles. The molecule has 0 aliphatic heterocycles. The molecule has 1 aromatic heterocycles. The second-order valence-electron chi connectivity index (χ2n) is 5.37. The topological polar surface area (TPSA) is 51.1 Å². The number of thiocarbonyl (C=S) groups is 1. The maximum atomic E-state index is 5.90. The van der Waals surface area contributed by atoms with Gasteiger partial charge in [-0.15, -0.1) is 0 Å². The average Bonchev–Trinajstić information content (AvgIpc) is 3.00. The molecule has 0 atom stereocenters. The van der Waals surface area contributed by atoms with Crippen molar-refractivity contribution >= 4 is 40.3 Å². The van der Waals surface area contributed by atoms with E-state index in [0.717, 1.165) is 22.7 Å². The van der Waals surface area contributed by atoms with E-state index in [4.69, 9.17) is 28.6 Å². The van der Waals surface area contributed by atoms with Crippen LogP contribution in [0.4, 0.5) is 11.4 Å². The van der Waals surface area contributed by atoms with Gasteiger partial charge in [0.15, 0.2) is 5.11 Å². The highest BCUT2D eigenvalue weighted by atomic mass is 35.5. The maximum Gasteiger partial charge on any atom is 0.175 e. The molecule has 128 valence electrons. The number of nitrogens with one attached hydrogen (secondary N) is 2. The lowest BCUT2D eigenvalue weighted by atomic mass is 10.2. The summed E-state index contributed by atoms with van der Waals surface area (Å²) in [5.74, 6) is 0.771. The quantitative estimate of drug-likeness (QED) is 0.650. The lowest BCUT2D eigenvalue weighted by Crippen LogP contribution is -2.19. The van der Waals surface area contributed by atoms with E-state index in [1.165, 1.54) is 0 Å². The molecule has 7 heteroatoms. The molecule has 0 aliphatic carbocycles. The van der Waals surface area contributed by atoms with Gasteiger partial charge in [-0.1, -0.05) is 29.8 Å². The summed E-state index contributed by atoms with van der Waals surface area (Å²) >= 11 is 11.3. The van der Waals surface area contributed by atoms with Crippen LogP contribution >= 0.6 is 23.8 Å². The Morgan fingerprint density at radius 2 is 1.88 bits per heavy atom. The van der Waals surface area contributed by atoms with Gasteiger partial charge in [-0.25, -0.2) is 0 Å². The number of aromatic nitrogens is 2. The Balaban J connectivity index is 1.63. The van der Waals surface area contributed by atoms with E-state index in [2.05, 4.69) is 15.7 Å². The predicted octanol–water partition coefficient (Wildman–Crippen LogP) is 4.40. The molecule has 0 saturated carbocycles. The van der Waals surface area contributed by atoms with Crippen LogP contribution in [0.25, 0.3) is 0 Å². The van der Waals surface area contributed by atoms with Crippen molar-refractivity contribution < 1.29 is 4.74 Å². The molecular formula is C18H17ClN4OS. The Morgan fingerprint density at radius 1 is 1.16 bits per heavy atom. The van der Waals surface area contributed by atoms with Crippen molar-refractivity contribution in [2.75, 3.05) is 17.7 Å². The molecule has 0 unspecified atom stereocenters. The van der Waals surface area contributed by atoms with Crippen molar-refractivity contribution in [3.63, 3.8) is 0 Å². The fourth-order valence-electron chi connectivity index (χ4n) is 2.35. The van der Waals surface area contributed by atoms with Crippen LogP contribution in [0.5, 0.6) is 5.75 Å². The molecule has 3 aromatic rings. The molecule has 0 spiro atoms. The highest BCUT2D eigenvalue weighted by Crippen LogP contribution is 2.18. The van der Waals surface area contributed by atoms with Crippen molar-refractivity contribution in [2.45, 2.75) is 6.54 Å². The number of rotatable bonds is 5. The summed E-state index contributed by atoms with van der Waals surface area (Å²) in [6.07, 6.45) is 3.41. The molecule has 0 aliphatic rings. The first-order valence-corrected chi connectivity index (χ1v) is 8.40. The van der Waals surface area contributed by atoms with Crippen molar-refractivity contribution in [3.05, 3.63) is 71.5 Å². The first kappa shape index (κ1) is 17.3. The summed E-state index contributed by atoms with van der Waals surface area (Å²) in [7, 11) is 1.63. The Kier molecular flexibility index (Phi) is 5.53. The third kappa shape index (κ3) is 4.95. The third-order valence-corrected chi connectivity index (χ3v) is 3.86. The number of methoxy groups -OCH3 is 1. The van der Waals surface area contributed by atoms with Crippen LogP contribution < -0.4 is 15.4 Å². The number of ether oxygens (including phenoxy) is 1. The number of benzene rings is 2. The van der Waals surface area contributed by atoms with Gasteiger partial charge in [0.25, 0.3) is 0 Å². The third-order valence-electron chi connectivity index (χ3n) is 3.46. The van der Waals surface area contributed by atoms with Crippen LogP contribution in [0.2, 0.25) is 5.02 Å². The smallest absolute Gasteiger partial charge is 0.175 e. The number of halogens is 1. The number of hydrogen-bond donors (Lipinski definition) is 2. The van der Waals surface area contributed by atoms with Crippen molar-refractivity contribution in [3.8, 4) is 5.75 Å². The number of anilines is 2. The van der Waals surface area contributed by atoms with Crippen LogP contribution in [0.1, 0.15) is 5.56 Å². The lowest BCUT2D eigenvalue weighted by molar-refractivity contribution is 0.415. The zero-order valence-electron chi connectivity index (χ0n) is 13.6. The number of hydrogen-bond acceptors (Lipinski definition) is 3. The van der Waals surface area contributed by atoms with Gasteiger partial charge in [0, 0.05) is 23.6 Å². The van der Waals surface area contributed by atoms with E-state index in [1.807, 2.05) is 48.5 Å². The summed E-state index contributed by atoms with van der Waals surface area (Å²) in [5.41, 5.74) is 2.85. The predicted molar refractivity (Wildman–Crippen MR) is 106 cm³/mol. The molecule has 3 rings (SSSR count). The summed E-state index contributed by atoms with van der Waals surface area (Å²) in [4.78, 5) is 0. The minimum Gasteiger partial charge on any atom is -0.497 e. The Morgan fingerprint density at radius 3 is 2.56 bits per heavy atom. The largest absolute Gasteiger partial charge is 0.497 e. The first-order valence-electron chi connectivity index (χ1n) is 7.61. The molecule has 0 amide bonds. The second-order valence-corrected chi connectivity index (χ2v) is 6.21. The average molecular weight is 373 g/mol. The summed E-state index contributed by atoms with van der Waals surface area (Å²) < 4.78 is 6.99. The fourth-order valence-corrected chi connectivity index (χ4v) is 2.75. The molecule has 0 bridgehead atoms. The van der Waals surface area contributed by atoms with E-state index in [0.29, 0.717) is 16.7 Å². The van der Waals surface area contributed by atoms with Crippen LogP contribution in [0.15, 0.2) is 60.9 Å². The van der Waals surface area contributed by atoms with Gasteiger partial charge in [-0.2, -0.15) is 5.10 Å². The minimum atomic E-state index is 0.507. The fraction of sp³-hybridized carbons (Fsp3) is 0.111. The van der Waals surface area contributed by atoms with Crippen molar-refractivity contribution in [1.82, 2.24) is 9.78 Å². The summed E-state index contributed by atoms with van der Waals surface area (Å²) in [5, 5.41) is 11.6. The summed E-state index contributed by atoms with van der Waals surface area (Å²) in [6.45, 7) is 0.637. The molecule has 2 aromatic carbocycles. The van der Waals surface area contributed by atoms with Gasteiger partial charge in [0.2, 0.25) is 0 Å². The monoisotopic (exact) mass is 372 g/mol. The van der Waals surface area contributed by atoms with E-state index in [1.54, 1.807) is 24.2 Å². The van der Waals surface area contributed by atoms with E-state index in [9.17, 15) is 0 Å². The van der Waals surface area contributed by atoms with Crippen LogP contribution in [-0.4, -0.2) is 22.0 Å². The number of nitrogens with zero attached hydrogens (tertiary/aromatic N) is 2. The second kappa shape index (κ2) is 8.00. The molecule has 1 heterocycles. The van der Waals surface area contributed by atoms with Gasteiger partial charge >= 0.3 is 0 Å². The van der Waals surface area contributed by atoms with Crippen LogP contribution in [0, 0.1) is 0 Å². The van der Waals surface area contributed by atoms with Crippen molar-refractivity contribution in [1.29, 1.82) is 0 Å².